The maximum Gasteiger partial charge on any atom is 0.304 e. The minimum atomic E-state index is -0.635. The van der Waals surface area contributed by atoms with E-state index in [0.29, 0.717) is 6.42 Å². The average Bonchev–Trinajstić information content (AvgIpc) is 3.17. The van der Waals surface area contributed by atoms with Crippen molar-refractivity contribution in [3.63, 3.8) is 0 Å². The molecule has 0 rings (SSSR count). The number of carboxylic acid groups (broad SMARTS) is 1. The molecule has 0 aliphatic rings. The highest BCUT2D eigenvalue weighted by molar-refractivity contribution is 5.67. The molecule has 0 heterocycles. The van der Waals surface area contributed by atoms with Crippen molar-refractivity contribution in [3.05, 3.63) is 0 Å². The molecule has 0 saturated carbocycles. The van der Waals surface area contributed by atoms with Crippen molar-refractivity contribution in [3.8, 4) is 0 Å². The Balaban J connectivity index is 3.68. The highest BCUT2D eigenvalue weighted by atomic mass is 16.4. The lowest BCUT2D eigenvalue weighted by molar-refractivity contribution is -0.138. The molecule has 0 bridgehead atoms. The summed E-state index contributed by atoms with van der Waals surface area (Å²) in [7, 11) is 0. The first-order valence-electron chi connectivity index (χ1n) is 25.6. The van der Waals surface area contributed by atoms with Crippen molar-refractivity contribution in [2.24, 2.45) is 0 Å². The lowest BCUT2D eigenvalue weighted by atomic mass is 10.0. The summed E-state index contributed by atoms with van der Waals surface area (Å²) < 4.78 is 0. The number of unbranched alkanes of at least 4 members (excludes halogenated alkanes) is 40. The van der Waals surface area contributed by atoms with Gasteiger partial charge in [-0.05, 0) is 32.4 Å². The van der Waals surface area contributed by atoms with Gasteiger partial charge in [0.05, 0.1) is 6.42 Å². The van der Waals surface area contributed by atoms with Crippen molar-refractivity contribution >= 4 is 5.97 Å². The molecule has 0 spiro atoms. The summed E-state index contributed by atoms with van der Waals surface area (Å²) >= 11 is 0. The van der Waals surface area contributed by atoms with Crippen LogP contribution in [-0.4, -0.2) is 35.1 Å². The molecule has 0 radical (unpaired) electrons. The molecule has 0 aromatic heterocycles. The van der Waals surface area contributed by atoms with E-state index in [4.69, 9.17) is 0 Å². The summed E-state index contributed by atoms with van der Waals surface area (Å²) in [6, 6.07) is 0.206. The van der Waals surface area contributed by atoms with Crippen LogP contribution in [0.25, 0.3) is 0 Å². The van der Waals surface area contributed by atoms with E-state index in [0.717, 1.165) is 19.5 Å². The smallest absolute Gasteiger partial charge is 0.304 e. The van der Waals surface area contributed by atoms with Gasteiger partial charge in [-0.15, -0.1) is 0 Å². The Bertz CT molecular complexity index is 649. The molecule has 0 saturated heterocycles. The molecule has 0 aliphatic carbocycles. The molecule has 0 amide bonds. The van der Waals surface area contributed by atoms with Crippen LogP contribution in [0.3, 0.4) is 0 Å². The molecule has 3 nitrogen and oxygen atoms in total. The zero-order valence-electron chi connectivity index (χ0n) is 37.9. The lowest BCUT2D eigenvalue weighted by Gasteiger charge is -2.30. The van der Waals surface area contributed by atoms with E-state index in [1.54, 1.807) is 0 Å². The van der Waals surface area contributed by atoms with Gasteiger partial charge < -0.3 is 5.11 Å². The van der Waals surface area contributed by atoms with E-state index in [9.17, 15) is 9.90 Å². The standard InChI is InChI=1S/C51H103NO2/c1-4-7-9-11-13-15-17-19-21-23-25-27-29-31-33-35-37-39-41-43-45-47-52(50(6-3)49-51(53)54)48-46-44-42-40-38-36-34-32-30-28-26-24-22-20-18-16-14-12-10-8-5-2/h50H,4-49H2,1-3H3,(H,53,54). The first-order valence-corrected chi connectivity index (χ1v) is 25.6. The van der Waals surface area contributed by atoms with Gasteiger partial charge in [-0.3, -0.25) is 9.69 Å². The van der Waals surface area contributed by atoms with Gasteiger partial charge in [-0.25, -0.2) is 0 Å². The van der Waals surface area contributed by atoms with Gasteiger partial charge in [-0.2, -0.15) is 0 Å². The van der Waals surface area contributed by atoms with E-state index in [1.807, 2.05) is 0 Å². The van der Waals surface area contributed by atoms with Crippen LogP contribution in [0.4, 0.5) is 0 Å². The first kappa shape index (κ1) is 53.4. The molecule has 1 unspecified atom stereocenters. The predicted octanol–water partition coefficient (Wildman–Crippen LogP) is 18.0. The van der Waals surface area contributed by atoms with Crippen molar-refractivity contribution in [2.45, 2.75) is 309 Å². The summed E-state index contributed by atoms with van der Waals surface area (Å²) in [6.07, 6.45) is 60.8. The maximum atomic E-state index is 11.6. The molecule has 1 N–H and O–H groups in total. The number of carbonyl (C=O) groups is 1. The Morgan fingerprint density at radius 2 is 0.519 bits per heavy atom. The molecule has 54 heavy (non-hydrogen) atoms. The van der Waals surface area contributed by atoms with Crippen LogP contribution >= 0.6 is 0 Å². The van der Waals surface area contributed by atoms with Crippen molar-refractivity contribution in [1.29, 1.82) is 0 Å². The number of hydrogen-bond donors (Lipinski definition) is 1. The average molecular weight is 762 g/mol. The number of nitrogens with zero attached hydrogens (tertiary/aromatic N) is 1. The molecule has 0 aromatic rings. The second-order valence-electron chi connectivity index (χ2n) is 17.8. The predicted molar refractivity (Wildman–Crippen MR) is 243 cm³/mol. The molecule has 0 fully saturated rings. The van der Waals surface area contributed by atoms with E-state index < -0.39 is 5.97 Å². The van der Waals surface area contributed by atoms with Gasteiger partial charge in [0.1, 0.15) is 0 Å². The minimum absolute atomic E-state index is 0.206. The van der Waals surface area contributed by atoms with Crippen LogP contribution < -0.4 is 0 Å². The highest BCUT2D eigenvalue weighted by Crippen LogP contribution is 2.19. The van der Waals surface area contributed by atoms with E-state index in [-0.39, 0.29) is 6.04 Å². The van der Waals surface area contributed by atoms with Gasteiger partial charge in [0, 0.05) is 6.04 Å². The molecular weight excluding hydrogens is 659 g/mol. The van der Waals surface area contributed by atoms with Crippen LogP contribution in [0.15, 0.2) is 0 Å². The van der Waals surface area contributed by atoms with E-state index in [1.165, 1.54) is 270 Å². The van der Waals surface area contributed by atoms with E-state index in [2.05, 4.69) is 25.7 Å². The zero-order chi connectivity index (χ0) is 39.3. The quantitative estimate of drug-likeness (QED) is 0.0628. The monoisotopic (exact) mass is 762 g/mol. The van der Waals surface area contributed by atoms with Crippen molar-refractivity contribution < 1.29 is 9.90 Å². The Morgan fingerprint density at radius 1 is 0.333 bits per heavy atom. The summed E-state index contributed by atoms with van der Waals surface area (Å²) in [5.74, 6) is -0.635. The molecule has 3 heteroatoms. The number of carboxylic acids is 1. The normalized spacial score (nSPS) is 12.3. The lowest BCUT2D eigenvalue weighted by Crippen LogP contribution is -2.38. The third-order valence-corrected chi connectivity index (χ3v) is 12.5. The Hall–Kier alpha value is -0.570. The third kappa shape index (κ3) is 42.6. The van der Waals surface area contributed by atoms with Gasteiger partial charge >= 0.3 is 5.97 Å². The molecule has 1 atom stereocenters. The molecule has 0 aliphatic heterocycles. The summed E-state index contributed by atoms with van der Waals surface area (Å²) in [5.41, 5.74) is 0. The van der Waals surface area contributed by atoms with E-state index >= 15 is 0 Å². The van der Waals surface area contributed by atoms with Crippen LogP contribution in [0.1, 0.15) is 303 Å². The largest absolute Gasteiger partial charge is 0.481 e. The molecule has 324 valence electrons. The summed E-state index contributed by atoms with van der Waals surface area (Å²) in [6.45, 7) is 8.96. The Kier molecular flexibility index (Phi) is 46.3. The van der Waals surface area contributed by atoms with Gasteiger partial charge in [0.2, 0.25) is 0 Å². The van der Waals surface area contributed by atoms with Gasteiger partial charge in [-0.1, -0.05) is 278 Å². The number of rotatable bonds is 48. The van der Waals surface area contributed by atoms with Gasteiger partial charge in [0.25, 0.3) is 0 Å². The Labute approximate surface area is 342 Å². The summed E-state index contributed by atoms with van der Waals surface area (Å²) in [5, 5.41) is 9.53. The third-order valence-electron chi connectivity index (χ3n) is 12.5. The SMILES string of the molecule is CCCCCCCCCCCCCCCCCCCCCCCN(CCCCCCCCCCCCCCCCCCCCCCC)C(CC)CC(=O)O. The van der Waals surface area contributed by atoms with Gasteiger partial charge in [0.15, 0.2) is 0 Å². The van der Waals surface area contributed by atoms with Crippen molar-refractivity contribution in [2.75, 3.05) is 13.1 Å². The second-order valence-corrected chi connectivity index (χ2v) is 17.8. The highest BCUT2D eigenvalue weighted by Gasteiger charge is 2.19. The van der Waals surface area contributed by atoms with Crippen LogP contribution in [0.5, 0.6) is 0 Å². The Morgan fingerprint density at radius 3 is 0.685 bits per heavy atom. The maximum absolute atomic E-state index is 11.6. The van der Waals surface area contributed by atoms with Crippen LogP contribution in [0, 0.1) is 0 Å². The molecular formula is C51H103NO2. The summed E-state index contributed by atoms with van der Waals surface area (Å²) in [4.78, 5) is 14.1. The van der Waals surface area contributed by atoms with Crippen LogP contribution in [-0.2, 0) is 4.79 Å². The fourth-order valence-electron chi connectivity index (χ4n) is 8.70. The minimum Gasteiger partial charge on any atom is -0.481 e. The number of aliphatic carboxylic acids is 1. The fourth-order valence-corrected chi connectivity index (χ4v) is 8.70. The second kappa shape index (κ2) is 46.8. The molecule has 0 aromatic carbocycles. The first-order chi connectivity index (χ1) is 26.7. The zero-order valence-corrected chi connectivity index (χ0v) is 37.9. The van der Waals surface area contributed by atoms with Crippen molar-refractivity contribution in [1.82, 2.24) is 4.90 Å². The number of hydrogen-bond acceptors (Lipinski definition) is 2. The fraction of sp³-hybridized carbons (Fsp3) is 0.980. The topological polar surface area (TPSA) is 40.5 Å². The van der Waals surface area contributed by atoms with Crippen LogP contribution in [0.2, 0.25) is 0 Å².